The third-order valence-electron chi connectivity index (χ3n) is 3.16. The number of nitro benzene ring substituents is 1. The fraction of sp³-hybridized carbons (Fsp3) is 0.0667. The molecule has 0 saturated heterocycles. The lowest BCUT2D eigenvalue weighted by Gasteiger charge is -2.03. The molecule has 21 heavy (non-hydrogen) atoms. The molecule has 6 nitrogen and oxygen atoms in total. The summed E-state index contributed by atoms with van der Waals surface area (Å²) in [4.78, 5) is 26.6. The number of non-ortho nitro benzene ring substituents is 1. The number of rotatable bonds is 2. The zero-order chi connectivity index (χ0) is 15.0. The molecule has 0 unspecified atom stereocenters. The zero-order valence-corrected chi connectivity index (χ0v) is 11.1. The highest BCUT2D eigenvalue weighted by Crippen LogP contribution is 2.23. The van der Waals surface area contributed by atoms with Gasteiger partial charge in [-0.05, 0) is 24.6 Å². The van der Waals surface area contributed by atoms with Gasteiger partial charge in [-0.25, -0.2) is 9.78 Å². The summed E-state index contributed by atoms with van der Waals surface area (Å²) >= 11 is 0. The van der Waals surface area contributed by atoms with E-state index in [2.05, 4.69) is 4.98 Å². The fourth-order valence-corrected chi connectivity index (χ4v) is 2.12. The van der Waals surface area contributed by atoms with Gasteiger partial charge in [0.1, 0.15) is 0 Å². The van der Waals surface area contributed by atoms with Crippen LogP contribution in [-0.4, -0.2) is 9.91 Å². The normalized spacial score (nSPS) is 10.7. The van der Waals surface area contributed by atoms with Crippen LogP contribution < -0.4 is 5.63 Å². The van der Waals surface area contributed by atoms with Crippen molar-refractivity contribution in [3.63, 3.8) is 0 Å². The van der Waals surface area contributed by atoms with E-state index >= 15 is 0 Å². The molecule has 6 heteroatoms. The Balaban J connectivity index is 2.26. The van der Waals surface area contributed by atoms with Crippen LogP contribution >= 0.6 is 0 Å². The van der Waals surface area contributed by atoms with Gasteiger partial charge < -0.3 is 4.42 Å². The van der Waals surface area contributed by atoms with Gasteiger partial charge >= 0.3 is 5.63 Å². The van der Waals surface area contributed by atoms with Gasteiger partial charge in [0.05, 0.1) is 15.8 Å². The summed E-state index contributed by atoms with van der Waals surface area (Å²) in [7, 11) is 0. The number of benzene rings is 2. The molecular weight excluding hydrogens is 272 g/mol. The van der Waals surface area contributed by atoms with E-state index in [9.17, 15) is 14.9 Å². The molecule has 0 amide bonds. The van der Waals surface area contributed by atoms with Crippen molar-refractivity contribution < 1.29 is 9.34 Å². The average Bonchev–Trinajstić information content (AvgIpc) is 2.48. The van der Waals surface area contributed by atoms with E-state index in [0.29, 0.717) is 16.5 Å². The Hall–Kier alpha value is -3.02. The van der Waals surface area contributed by atoms with Crippen LogP contribution in [0.2, 0.25) is 0 Å². The van der Waals surface area contributed by atoms with E-state index in [1.165, 1.54) is 18.2 Å². The minimum absolute atomic E-state index is 0.0745. The van der Waals surface area contributed by atoms with E-state index in [-0.39, 0.29) is 11.6 Å². The lowest BCUT2D eigenvalue weighted by Crippen LogP contribution is -2.04. The second kappa shape index (κ2) is 4.82. The maximum atomic E-state index is 12.0. The van der Waals surface area contributed by atoms with Crippen molar-refractivity contribution in [1.82, 2.24) is 4.98 Å². The summed E-state index contributed by atoms with van der Waals surface area (Å²) < 4.78 is 5.18. The molecule has 0 bridgehead atoms. The number of nitro groups is 1. The molecule has 1 heterocycles. The zero-order valence-electron chi connectivity index (χ0n) is 11.1. The summed E-state index contributed by atoms with van der Waals surface area (Å²) in [6.07, 6.45) is 0. The Morgan fingerprint density at radius 1 is 1.19 bits per heavy atom. The molecule has 0 aliphatic rings. The molecule has 0 aliphatic carbocycles. The molecule has 104 valence electrons. The van der Waals surface area contributed by atoms with Crippen molar-refractivity contribution in [3.05, 3.63) is 68.6 Å². The molecule has 0 fully saturated rings. The van der Waals surface area contributed by atoms with Crippen molar-refractivity contribution in [2.45, 2.75) is 6.92 Å². The van der Waals surface area contributed by atoms with Crippen molar-refractivity contribution in [2.24, 2.45) is 0 Å². The van der Waals surface area contributed by atoms with E-state index in [1.54, 1.807) is 18.2 Å². The lowest BCUT2D eigenvalue weighted by molar-refractivity contribution is -0.384. The first-order valence-electron chi connectivity index (χ1n) is 6.21. The molecule has 0 spiro atoms. The van der Waals surface area contributed by atoms with Gasteiger partial charge in [-0.2, -0.15) is 0 Å². The predicted octanol–water partition coefficient (Wildman–Crippen LogP) is 3.07. The van der Waals surface area contributed by atoms with Gasteiger partial charge in [0.25, 0.3) is 5.69 Å². The monoisotopic (exact) mass is 282 g/mol. The Morgan fingerprint density at radius 3 is 2.71 bits per heavy atom. The molecule has 3 aromatic rings. The number of aromatic nitrogens is 1. The second-order valence-electron chi connectivity index (χ2n) is 4.58. The van der Waals surface area contributed by atoms with Crippen LogP contribution in [-0.2, 0) is 0 Å². The Kier molecular flexibility index (Phi) is 2.98. The van der Waals surface area contributed by atoms with Crippen LogP contribution in [0.4, 0.5) is 5.69 Å². The average molecular weight is 282 g/mol. The highest BCUT2D eigenvalue weighted by molar-refractivity contribution is 5.81. The molecule has 2 aromatic carbocycles. The van der Waals surface area contributed by atoms with Crippen LogP contribution in [0.1, 0.15) is 5.56 Å². The standard InChI is InChI=1S/C15H10N2O4/c1-9-4-2-7-12-13(9)16-14(21-15(12)18)10-5-3-6-11(8-10)17(19)20/h2-8H,1H3. The number of fused-ring (bicyclic) bond motifs is 1. The van der Waals surface area contributed by atoms with Gasteiger partial charge in [0, 0.05) is 17.7 Å². The Bertz CT molecular complexity index is 915. The molecule has 0 N–H and O–H groups in total. The lowest BCUT2D eigenvalue weighted by atomic mass is 10.1. The van der Waals surface area contributed by atoms with Gasteiger partial charge in [-0.1, -0.05) is 18.2 Å². The number of nitrogens with zero attached hydrogens (tertiary/aromatic N) is 2. The number of para-hydroxylation sites is 1. The van der Waals surface area contributed by atoms with Crippen molar-refractivity contribution in [2.75, 3.05) is 0 Å². The van der Waals surface area contributed by atoms with Gasteiger partial charge in [-0.15, -0.1) is 0 Å². The quantitative estimate of drug-likeness (QED) is 0.532. The Labute approximate surface area is 118 Å². The topological polar surface area (TPSA) is 86.2 Å². The van der Waals surface area contributed by atoms with Crippen molar-refractivity contribution in [1.29, 1.82) is 0 Å². The molecule has 0 radical (unpaired) electrons. The van der Waals surface area contributed by atoms with E-state index in [0.717, 1.165) is 5.56 Å². The van der Waals surface area contributed by atoms with E-state index in [1.807, 2.05) is 13.0 Å². The second-order valence-corrected chi connectivity index (χ2v) is 4.58. The number of hydrogen-bond acceptors (Lipinski definition) is 5. The van der Waals surface area contributed by atoms with Crippen LogP contribution in [0, 0.1) is 17.0 Å². The highest BCUT2D eigenvalue weighted by atomic mass is 16.6. The number of aryl methyl sites for hydroxylation is 1. The molecular formula is C15H10N2O4. The summed E-state index contributed by atoms with van der Waals surface area (Å²) in [5.41, 5.74) is 1.18. The predicted molar refractivity (Wildman–Crippen MR) is 77.1 cm³/mol. The van der Waals surface area contributed by atoms with Crippen molar-refractivity contribution >= 4 is 16.6 Å². The summed E-state index contributed by atoms with van der Waals surface area (Å²) in [6.45, 7) is 1.84. The maximum absolute atomic E-state index is 12.0. The van der Waals surface area contributed by atoms with Gasteiger partial charge in [0.15, 0.2) is 0 Å². The molecule has 0 atom stereocenters. The SMILES string of the molecule is Cc1cccc2c(=O)oc(-c3cccc([N+](=O)[O-])c3)nc12. The first-order valence-corrected chi connectivity index (χ1v) is 6.21. The first kappa shape index (κ1) is 13.0. The van der Waals surface area contributed by atoms with E-state index < -0.39 is 10.5 Å². The van der Waals surface area contributed by atoms with Crippen LogP contribution in [0.5, 0.6) is 0 Å². The first-order chi connectivity index (χ1) is 10.1. The smallest absolute Gasteiger partial charge is 0.347 e. The third kappa shape index (κ3) is 2.27. The number of hydrogen-bond donors (Lipinski definition) is 0. The van der Waals surface area contributed by atoms with Crippen LogP contribution in [0.15, 0.2) is 51.7 Å². The highest BCUT2D eigenvalue weighted by Gasteiger charge is 2.13. The minimum Gasteiger partial charge on any atom is -0.403 e. The van der Waals surface area contributed by atoms with Gasteiger partial charge in [-0.3, -0.25) is 10.1 Å². The van der Waals surface area contributed by atoms with E-state index in [4.69, 9.17) is 4.42 Å². The van der Waals surface area contributed by atoms with Crippen LogP contribution in [0.25, 0.3) is 22.4 Å². The molecule has 0 aliphatic heterocycles. The largest absolute Gasteiger partial charge is 0.403 e. The van der Waals surface area contributed by atoms with Crippen molar-refractivity contribution in [3.8, 4) is 11.5 Å². The molecule has 0 saturated carbocycles. The minimum atomic E-state index is -0.509. The third-order valence-corrected chi connectivity index (χ3v) is 3.16. The van der Waals surface area contributed by atoms with Crippen LogP contribution in [0.3, 0.4) is 0 Å². The Morgan fingerprint density at radius 2 is 1.95 bits per heavy atom. The molecule has 1 aromatic heterocycles. The molecule has 3 rings (SSSR count). The summed E-state index contributed by atoms with van der Waals surface area (Å²) in [6, 6.07) is 11.1. The van der Waals surface area contributed by atoms with Gasteiger partial charge in [0.2, 0.25) is 5.89 Å². The fourth-order valence-electron chi connectivity index (χ4n) is 2.12. The maximum Gasteiger partial charge on any atom is 0.347 e. The summed E-state index contributed by atoms with van der Waals surface area (Å²) in [5, 5.41) is 11.2. The summed E-state index contributed by atoms with van der Waals surface area (Å²) in [5.74, 6) is 0.0745.